The van der Waals surface area contributed by atoms with Crippen molar-refractivity contribution in [1.82, 2.24) is 20.2 Å². The molecule has 0 saturated carbocycles. The fourth-order valence-corrected chi connectivity index (χ4v) is 8.58. The summed E-state index contributed by atoms with van der Waals surface area (Å²) in [4.78, 5) is 47.7. The zero-order valence-corrected chi connectivity index (χ0v) is 33.7. The Morgan fingerprint density at radius 1 is 0.724 bits per heavy atom. The molecule has 12 nitrogen and oxygen atoms in total. The lowest BCUT2D eigenvalue weighted by Gasteiger charge is -2.38. The molecule has 15 heteroatoms. The number of morpholine rings is 2. The molecule has 0 aliphatic carbocycles. The summed E-state index contributed by atoms with van der Waals surface area (Å²) in [6.45, 7) is 22.6. The number of nitrogens with one attached hydrogen (secondary N) is 1. The second-order valence-corrected chi connectivity index (χ2v) is 15.7. The maximum Gasteiger partial charge on any atom is 0.213 e. The molecule has 4 saturated heterocycles. The average Bonchev–Trinajstić information content (AvgIpc) is 3.77. The fourth-order valence-electron chi connectivity index (χ4n) is 8.58. The van der Waals surface area contributed by atoms with Gasteiger partial charge in [-0.1, -0.05) is 24.3 Å². The van der Waals surface area contributed by atoms with Crippen molar-refractivity contribution in [1.29, 1.82) is 0 Å². The molecule has 8 rings (SSSR count). The molecule has 2 aromatic heterocycles. The van der Waals surface area contributed by atoms with Crippen LogP contribution in [-0.4, -0.2) is 123 Å². The van der Waals surface area contributed by atoms with Gasteiger partial charge >= 0.3 is 0 Å². The first-order valence-corrected chi connectivity index (χ1v) is 19.6. The van der Waals surface area contributed by atoms with Crippen LogP contribution in [0.25, 0.3) is 31.5 Å². The zero-order chi connectivity index (χ0) is 40.2. The van der Waals surface area contributed by atoms with E-state index < -0.39 is 24.6 Å². The largest absolute Gasteiger partial charge is 0.365 e. The Kier molecular flexibility index (Phi) is 13.9. The minimum Gasteiger partial charge on any atom is -0.365 e. The first kappa shape index (κ1) is 42.8. The molecule has 4 fully saturated rings. The van der Waals surface area contributed by atoms with E-state index >= 15 is 0 Å². The van der Waals surface area contributed by atoms with E-state index in [1.54, 1.807) is 24.5 Å². The van der Waals surface area contributed by atoms with Crippen LogP contribution in [0.5, 0.6) is 0 Å². The Hall–Kier alpha value is -4.83. The number of ether oxygens (including phenoxy) is 2. The number of halogens is 3. The Morgan fingerprint density at radius 2 is 1.22 bits per heavy atom. The second-order valence-electron chi connectivity index (χ2n) is 15.7. The molecule has 3 unspecified atom stereocenters. The Bertz CT molecular complexity index is 2200. The number of Topliss-reactive ketones (excluding diaryl/α,β-unsaturated/α-hetero) is 2. The summed E-state index contributed by atoms with van der Waals surface area (Å²) >= 11 is 0. The normalized spacial score (nSPS) is 27.3. The number of aromatic nitrogens is 2. The van der Waals surface area contributed by atoms with Crippen LogP contribution in [0, 0.1) is 25.0 Å². The summed E-state index contributed by atoms with van der Waals surface area (Å²) < 4.78 is 39.9. The number of ketones is 2. The SMILES string of the molecule is Cl.[C-]#[N+]c1ccc(N2CC(C)O[C@@H](C(=O)CC3CN(C)C[C@H]3F)C2)c2cccnc12.[C-]#[N+]c1ccc(N2C[C@@H](C)O[C@@H](C(=O)CC3CNC[C@H]3F)C2)c2cccnc12. The van der Waals surface area contributed by atoms with E-state index in [1.807, 2.05) is 62.2 Å². The third-order valence-electron chi connectivity index (χ3n) is 11.3. The van der Waals surface area contributed by atoms with Crippen LogP contribution in [0.2, 0.25) is 0 Å². The average molecular weight is 815 g/mol. The van der Waals surface area contributed by atoms with E-state index in [4.69, 9.17) is 22.6 Å². The number of likely N-dealkylation sites (tertiary alicyclic amines) is 1. The van der Waals surface area contributed by atoms with Gasteiger partial charge in [0.15, 0.2) is 11.6 Å². The number of rotatable bonds is 8. The van der Waals surface area contributed by atoms with Crippen LogP contribution in [-0.2, 0) is 19.1 Å². The summed E-state index contributed by atoms with van der Waals surface area (Å²) in [5.74, 6) is -0.618. The lowest BCUT2D eigenvalue weighted by molar-refractivity contribution is -0.136. The van der Waals surface area contributed by atoms with E-state index in [1.165, 1.54) is 0 Å². The first-order valence-electron chi connectivity index (χ1n) is 19.6. The Morgan fingerprint density at radius 3 is 1.66 bits per heavy atom. The number of pyridine rings is 2. The standard InChI is InChI=1S/C22H25FN4O2.C21H23FN4O2.ClH/c1-14-10-27(19-7-6-18(24-2)22-16(19)5-4-8-25-22)13-21(29-14)20(28)9-15-11-26(3)12-17(15)23;1-13-11-26(12-20(28-13)19(27)8-14-9-24-10-16(14)22)18-6-5-17(23-2)21-15(18)4-3-7-25-21;/h4-8,14-15,17,21H,9-13H2,1,3H3;3-7,13-14,16,20,24H,8-12H2,1H3;1H/t14?,15?,17-,21-;13-,14?,16-,20-;/m11./s1. The third kappa shape index (κ3) is 9.38. The molecule has 0 radical (unpaired) electrons. The van der Waals surface area contributed by atoms with Crippen LogP contribution >= 0.6 is 12.4 Å². The number of fused-ring (bicyclic) bond motifs is 2. The predicted octanol–water partition coefficient (Wildman–Crippen LogP) is 6.56. The molecule has 0 bridgehead atoms. The monoisotopic (exact) mass is 814 g/mol. The van der Waals surface area contributed by atoms with E-state index in [2.05, 4.69) is 34.8 Å². The van der Waals surface area contributed by atoms with Gasteiger partial charge in [0.1, 0.15) is 24.6 Å². The van der Waals surface area contributed by atoms with E-state index in [-0.39, 0.29) is 60.9 Å². The fraction of sp³-hybridized carbons (Fsp3) is 0.488. The molecule has 4 aliphatic rings. The molecule has 8 atom stereocenters. The Labute approximate surface area is 343 Å². The minimum absolute atomic E-state index is 0. The highest BCUT2D eigenvalue weighted by Crippen LogP contribution is 2.36. The zero-order valence-electron chi connectivity index (χ0n) is 32.9. The second kappa shape index (κ2) is 18.8. The third-order valence-corrected chi connectivity index (χ3v) is 11.3. The molecule has 4 aliphatic heterocycles. The Balaban J connectivity index is 0.000000192. The number of hydrogen-bond acceptors (Lipinski definition) is 10. The molecule has 306 valence electrons. The maximum absolute atomic E-state index is 14.2. The van der Waals surface area contributed by atoms with Crippen LogP contribution in [0.1, 0.15) is 26.7 Å². The number of nitrogens with zero attached hydrogens (tertiary/aromatic N) is 7. The highest BCUT2D eigenvalue weighted by molar-refractivity contribution is 6.01. The van der Waals surface area contributed by atoms with Crippen molar-refractivity contribution in [2.45, 2.75) is 63.4 Å². The summed E-state index contributed by atoms with van der Waals surface area (Å²) in [6, 6.07) is 15.0. The molecule has 0 amide bonds. The van der Waals surface area contributed by atoms with Gasteiger partial charge in [0.25, 0.3) is 0 Å². The topological polar surface area (TPSA) is 109 Å². The molecular weight excluding hydrogens is 766 g/mol. The van der Waals surface area contributed by atoms with E-state index in [9.17, 15) is 18.4 Å². The molecule has 2 aromatic carbocycles. The van der Waals surface area contributed by atoms with Crippen molar-refractivity contribution in [3.05, 3.63) is 83.8 Å². The molecule has 4 aromatic rings. The van der Waals surface area contributed by atoms with Crippen molar-refractivity contribution in [2.24, 2.45) is 11.8 Å². The van der Waals surface area contributed by atoms with Gasteiger partial charge in [-0.15, -0.1) is 12.4 Å². The summed E-state index contributed by atoms with van der Waals surface area (Å²) in [6.07, 6.45) is 0.408. The summed E-state index contributed by atoms with van der Waals surface area (Å²) in [5.41, 5.74) is 4.23. The molecule has 6 heterocycles. The van der Waals surface area contributed by atoms with Gasteiger partial charge in [0, 0.05) is 98.5 Å². The minimum atomic E-state index is -0.975. The predicted molar refractivity (Wildman–Crippen MR) is 223 cm³/mol. The van der Waals surface area contributed by atoms with Crippen molar-refractivity contribution in [3.63, 3.8) is 0 Å². The number of benzene rings is 2. The van der Waals surface area contributed by atoms with Gasteiger partial charge in [-0.2, -0.15) is 0 Å². The molecular formula is C43H49ClF2N8O4. The maximum atomic E-state index is 14.2. The smallest absolute Gasteiger partial charge is 0.213 e. The first-order chi connectivity index (χ1) is 27.5. The van der Waals surface area contributed by atoms with Crippen LogP contribution in [0.4, 0.5) is 31.5 Å². The van der Waals surface area contributed by atoms with Gasteiger partial charge in [-0.25, -0.2) is 18.5 Å². The highest BCUT2D eigenvalue weighted by atomic mass is 35.5. The van der Waals surface area contributed by atoms with Gasteiger partial charge in [-0.3, -0.25) is 19.6 Å². The summed E-state index contributed by atoms with van der Waals surface area (Å²) in [7, 11) is 1.88. The molecule has 58 heavy (non-hydrogen) atoms. The lowest BCUT2D eigenvalue weighted by Crippen LogP contribution is -2.50. The van der Waals surface area contributed by atoms with E-state index in [0.29, 0.717) is 74.8 Å². The van der Waals surface area contributed by atoms with Gasteiger partial charge in [0.2, 0.25) is 11.4 Å². The highest BCUT2D eigenvalue weighted by Gasteiger charge is 2.38. The van der Waals surface area contributed by atoms with Gasteiger partial charge in [0.05, 0.1) is 49.5 Å². The number of alkyl halides is 2. The van der Waals surface area contributed by atoms with Crippen molar-refractivity contribution < 1.29 is 27.8 Å². The quantitative estimate of drug-likeness (QED) is 0.197. The number of carbonyl (C=O) groups is 2. The number of hydrogen-bond donors (Lipinski definition) is 1. The van der Waals surface area contributed by atoms with Crippen molar-refractivity contribution in [2.75, 3.05) is 69.2 Å². The van der Waals surface area contributed by atoms with Crippen molar-refractivity contribution >= 4 is 68.5 Å². The van der Waals surface area contributed by atoms with Crippen LogP contribution in [0.15, 0.2) is 60.9 Å². The number of carbonyl (C=O) groups excluding carboxylic acids is 2. The number of anilines is 2. The molecule has 1 N–H and O–H groups in total. The van der Waals surface area contributed by atoms with Crippen molar-refractivity contribution in [3.8, 4) is 0 Å². The van der Waals surface area contributed by atoms with Gasteiger partial charge < -0.3 is 29.5 Å². The van der Waals surface area contributed by atoms with Crippen LogP contribution in [0.3, 0.4) is 0 Å². The summed E-state index contributed by atoms with van der Waals surface area (Å²) in [5, 5.41) is 4.78. The van der Waals surface area contributed by atoms with Crippen LogP contribution < -0.4 is 15.1 Å². The van der Waals surface area contributed by atoms with E-state index in [0.717, 1.165) is 22.1 Å². The molecule has 0 spiro atoms. The van der Waals surface area contributed by atoms with Gasteiger partial charge in [-0.05, 0) is 45.2 Å². The lowest BCUT2D eigenvalue weighted by atomic mass is 9.96.